The number of ether oxygens (including phenoxy) is 1. The first-order valence-electron chi connectivity index (χ1n) is 8.30. The van der Waals surface area contributed by atoms with E-state index in [1.807, 2.05) is 30.5 Å². The highest BCUT2D eigenvalue weighted by Gasteiger charge is 2.24. The Morgan fingerprint density at radius 1 is 1.21 bits per heavy atom. The van der Waals surface area contributed by atoms with E-state index >= 15 is 0 Å². The van der Waals surface area contributed by atoms with Gasteiger partial charge in [-0.2, -0.15) is 0 Å². The number of carbonyl (C=O) groups is 1. The van der Waals surface area contributed by atoms with Gasteiger partial charge in [0.15, 0.2) is 0 Å². The Morgan fingerprint density at radius 2 is 2.00 bits per heavy atom. The van der Waals surface area contributed by atoms with E-state index in [4.69, 9.17) is 4.74 Å². The number of benzene rings is 1. The third kappa shape index (κ3) is 4.58. The van der Waals surface area contributed by atoms with Crippen molar-refractivity contribution >= 4 is 16.9 Å². The monoisotopic (exact) mass is 342 g/mol. The summed E-state index contributed by atoms with van der Waals surface area (Å²) in [7, 11) is 0. The van der Waals surface area contributed by atoms with Gasteiger partial charge in [-0.3, -0.25) is 15.1 Å². The fourth-order valence-corrected chi connectivity index (χ4v) is 3.39. The van der Waals surface area contributed by atoms with Crippen molar-refractivity contribution in [3.63, 3.8) is 0 Å². The Labute approximate surface area is 147 Å². The van der Waals surface area contributed by atoms with Crippen molar-refractivity contribution in [3.8, 4) is 5.75 Å². The van der Waals surface area contributed by atoms with Crippen LogP contribution in [0.15, 0.2) is 42.6 Å². The van der Waals surface area contributed by atoms with Crippen molar-refractivity contribution in [1.29, 1.82) is 0 Å². The molecule has 2 aromatic rings. The number of aromatic nitrogens is 1. The maximum absolute atomic E-state index is 11.6. The van der Waals surface area contributed by atoms with E-state index in [9.17, 15) is 4.79 Å². The molecule has 2 heterocycles. The van der Waals surface area contributed by atoms with Crippen molar-refractivity contribution in [2.24, 2.45) is 0 Å². The Balaban J connectivity index is 1.46. The Hall–Kier alpha value is -1.85. The van der Waals surface area contributed by atoms with E-state index < -0.39 is 0 Å². The molecule has 1 aromatic heterocycles. The van der Waals surface area contributed by atoms with Crippen LogP contribution in [0.2, 0.25) is 0 Å². The van der Waals surface area contributed by atoms with Crippen molar-refractivity contribution in [2.45, 2.75) is 32.2 Å². The third-order valence-corrected chi connectivity index (χ3v) is 4.99. The first-order valence-corrected chi connectivity index (χ1v) is 9.28. The standard InChI is InChI=1S/C19H22N2O2S/c1-2-14-3-6-16(20-12-14)9-10-23-17-7-4-15(5-8-17)11-18-19(22)24-13-21-18/h3-8,12,18,21H,2,9-11,13H2,1H3. The Bertz CT molecular complexity index is 671. The zero-order chi connectivity index (χ0) is 16.8. The first kappa shape index (κ1) is 17.0. The van der Waals surface area contributed by atoms with E-state index in [1.165, 1.54) is 17.3 Å². The molecule has 126 valence electrons. The molecule has 1 unspecified atom stereocenters. The van der Waals surface area contributed by atoms with Gasteiger partial charge in [0, 0.05) is 18.3 Å². The van der Waals surface area contributed by atoms with Crippen LogP contribution in [-0.2, 0) is 24.1 Å². The lowest BCUT2D eigenvalue weighted by Crippen LogP contribution is -2.29. The average Bonchev–Trinajstić information content (AvgIpc) is 3.02. The second-order valence-corrected chi connectivity index (χ2v) is 6.80. The summed E-state index contributed by atoms with van der Waals surface area (Å²) in [6.07, 6.45) is 4.47. The highest BCUT2D eigenvalue weighted by atomic mass is 32.2. The summed E-state index contributed by atoms with van der Waals surface area (Å²) in [4.78, 5) is 16.1. The molecule has 1 aromatic carbocycles. The second-order valence-electron chi connectivity index (χ2n) is 5.82. The van der Waals surface area contributed by atoms with Crippen LogP contribution in [0.4, 0.5) is 0 Å². The molecule has 0 saturated carbocycles. The molecule has 5 heteroatoms. The molecule has 1 saturated heterocycles. The molecule has 24 heavy (non-hydrogen) atoms. The Morgan fingerprint density at radius 3 is 2.62 bits per heavy atom. The summed E-state index contributed by atoms with van der Waals surface area (Å²) in [5.74, 6) is 1.57. The van der Waals surface area contributed by atoms with Gasteiger partial charge >= 0.3 is 0 Å². The molecule has 0 radical (unpaired) electrons. The molecule has 1 aliphatic rings. The summed E-state index contributed by atoms with van der Waals surface area (Å²) < 4.78 is 5.79. The lowest BCUT2D eigenvalue weighted by Gasteiger charge is -2.10. The first-order chi connectivity index (χ1) is 11.7. The molecule has 0 bridgehead atoms. The minimum absolute atomic E-state index is 0.0565. The van der Waals surface area contributed by atoms with Gasteiger partial charge in [-0.1, -0.05) is 36.9 Å². The molecule has 0 amide bonds. The minimum Gasteiger partial charge on any atom is -0.493 e. The predicted octanol–water partition coefficient (Wildman–Crippen LogP) is 3.00. The van der Waals surface area contributed by atoms with Crippen LogP contribution in [0.3, 0.4) is 0 Å². The van der Waals surface area contributed by atoms with E-state index in [0.717, 1.165) is 42.1 Å². The third-order valence-electron chi connectivity index (χ3n) is 4.11. The number of aryl methyl sites for hydroxylation is 1. The lowest BCUT2D eigenvalue weighted by molar-refractivity contribution is -0.112. The zero-order valence-corrected chi connectivity index (χ0v) is 14.6. The largest absolute Gasteiger partial charge is 0.493 e. The highest BCUT2D eigenvalue weighted by molar-refractivity contribution is 8.14. The van der Waals surface area contributed by atoms with Gasteiger partial charge in [0.25, 0.3) is 0 Å². The van der Waals surface area contributed by atoms with E-state index in [-0.39, 0.29) is 11.2 Å². The van der Waals surface area contributed by atoms with E-state index in [1.54, 1.807) is 0 Å². The number of nitrogens with one attached hydrogen (secondary N) is 1. The number of thioether (sulfide) groups is 1. The molecule has 0 spiro atoms. The number of carbonyl (C=O) groups excluding carboxylic acids is 1. The van der Waals surface area contributed by atoms with Crippen molar-refractivity contribution in [1.82, 2.24) is 10.3 Å². The molecule has 1 atom stereocenters. The number of hydrogen-bond donors (Lipinski definition) is 1. The van der Waals surface area contributed by atoms with E-state index in [2.05, 4.69) is 29.4 Å². The molecule has 0 aliphatic carbocycles. The van der Waals surface area contributed by atoms with Crippen LogP contribution in [0.1, 0.15) is 23.7 Å². The fourth-order valence-electron chi connectivity index (χ4n) is 2.60. The van der Waals surface area contributed by atoms with Crippen LogP contribution >= 0.6 is 11.8 Å². The Kier molecular flexibility index (Phi) is 5.88. The smallest absolute Gasteiger partial charge is 0.207 e. The van der Waals surface area contributed by atoms with Crippen LogP contribution in [0.5, 0.6) is 5.75 Å². The van der Waals surface area contributed by atoms with Crippen LogP contribution in [-0.4, -0.2) is 28.6 Å². The highest BCUT2D eigenvalue weighted by Crippen LogP contribution is 2.18. The maximum atomic E-state index is 11.6. The SMILES string of the molecule is CCc1ccc(CCOc2ccc(CC3NCSC3=O)cc2)nc1. The summed E-state index contributed by atoms with van der Waals surface area (Å²) in [5, 5.41) is 3.44. The second kappa shape index (κ2) is 8.31. The molecule has 1 aliphatic heterocycles. The number of pyridine rings is 1. The van der Waals surface area contributed by atoms with Crippen molar-refractivity contribution in [2.75, 3.05) is 12.5 Å². The summed E-state index contributed by atoms with van der Waals surface area (Å²) in [5.41, 5.74) is 3.45. The van der Waals surface area contributed by atoms with Gasteiger partial charge < -0.3 is 4.74 Å². The van der Waals surface area contributed by atoms with Crippen molar-refractivity contribution in [3.05, 3.63) is 59.4 Å². The van der Waals surface area contributed by atoms with Gasteiger partial charge in [0.2, 0.25) is 5.12 Å². The number of rotatable bonds is 7. The molecule has 1 N–H and O–H groups in total. The maximum Gasteiger partial charge on any atom is 0.207 e. The summed E-state index contributed by atoms with van der Waals surface area (Å²) in [6.45, 7) is 2.73. The summed E-state index contributed by atoms with van der Waals surface area (Å²) in [6, 6.07) is 12.1. The number of hydrogen-bond acceptors (Lipinski definition) is 5. The minimum atomic E-state index is -0.0565. The predicted molar refractivity (Wildman–Crippen MR) is 97.3 cm³/mol. The van der Waals surface area contributed by atoms with Crippen LogP contribution in [0.25, 0.3) is 0 Å². The fraction of sp³-hybridized carbons (Fsp3) is 0.368. The normalized spacial score (nSPS) is 17.2. The average molecular weight is 342 g/mol. The molecular weight excluding hydrogens is 320 g/mol. The topological polar surface area (TPSA) is 51.2 Å². The van der Waals surface area contributed by atoms with Crippen LogP contribution in [0, 0.1) is 0 Å². The van der Waals surface area contributed by atoms with Gasteiger partial charge in [-0.15, -0.1) is 0 Å². The molecule has 1 fully saturated rings. The molecule has 4 nitrogen and oxygen atoms in total. The van der Waals surface area contributed by atoms with Gasteiger partial charge in [0.05, 0.1) is 18.5 Å². The van der Waals surface area contributed by atoms with Crippen LogP contribution < -0.4 is 10.1 Å². The van der Waals surface area contributed by atoms with Crippen molar-refractivity contribution < 1.29 is 9.53 Å². The van der Waals surface area contributed by atoms with Gasteiger partial charge in [0.1, 0.15) is 5.75 Å². The zero-order valence-electron chi connectivity index (χ0n) is 13.8. The lowest BCUT2D eigenvalue weighted by atomic mass is 10.1. The number of nitrogens with zero attached hydrogens (tertiary/aromatic N) is 1. The summed E-state index contributed by atoms with van der Waals surface area (Å²) >= 11 is 1.36. The molecule has 3 rings (SSSR count). The van der Waals surface area contributed by atoms with Gasteiger partial charge in [-0.25, -0.2) is 0 Å². The van der Waals surface area contributed by atoms with E-state index in [0.29, 0.717) is 6.61 Å². The molecular formula is C19H22N2O2S. The van der Waals surface area contributed by atoms with Gasteiger partial charge in [-0.05, 0) is 42.2 Å². The quantitative estimate of drug-likeness (QED) is 0.838.